The van der Waals surface area contributed by atoms with Crippen LogP contribution in [0.3, 0.4) is 0 Å². The molecule has 0 aliphatic carbocycles. The Labute approximate surface area is 117 Å². The zero-order valence-corrected chi connectivity index (χ0v) is 11.8. The first-order chi connectivity index (χ1) is 9.61. The van der Waals surface area contributed by atoms with Crippen molar-refractivity contribution in [2.24, 2.45) is 0 Å². The van der Waals surface area contributed by atoms with Gasteiger partial charge in [0.15, 0.2) is 5.69 Å². The zero-order chi connectivity index (χ0) is 14.5. The summed E-state index contributed by atoms with van der Waals surface area (Å²) in [6, 6.07) is 3.80. The maximum Gasteiger partial charge on any atom is 0.274 e. The summed E-state index contributed by atoms with van der Waals surface area (Å²) in [5, 5.41) is 9.64. The van der Waals surface area contributed by atoms with Crippen LogP contribution < -0.4 is 11.1 Å². The Morgan fingerprint density at radius 2 is 2.40 bits per heavy atom. The van der Waals surface area contributed by atoms with Gasteiger partial charge in [0, 0.05) is 12.5 Å². The predicted molar refractivity (Wildman–Crippen MR) is 76.3 cm³/mol. The van der Waals surface area contributed by atoms with E-state index in [1.54, 1.807) is 6.26 Å². The van der Waals surface area contributed by atoms with Gasteiger partial charge in [-0.3, -0.25) is 9.89 Å². The molecule has 20 heavy (non-hydrogen) atoms. The van der Waals surface area contributed by atoms with Crippen LogP contribution in [0.5, 0.6) is 0 Å². The Morgan fingerprint density at radius 1 is 1.60 bits per heavy atom. The number of hydrogen-bond donors (Lipinski definition) is 3. The van der Waals surface area contributed by atoms with E-state index in [9.17, 15) is 4.79 Å². The highest BCUT2D eigenvalue weighted by molar-refractivity contribution is 5.97. The number of H-pyrrole nitrogens is 1. The van der Waals surface area contributed by atoms with Crippen molar-refractivity contribution in [2.45, 2.75) is 39.2 Å². The highest BCUT2D eigenvalue weighted by Crippen LogP contribution is 2.14. The third-order valence-corrected chi connectivity index (χ3v) is 3.23. The summed E-state index contributed by atoms with van der Waals surface area (Å²) in [6.45, 7) is 3.90. The van der Waals surface area contributed by atoms with Crippen LogP contribution >= 0.6 is 0 Å². The highest BCUT2D eigenvalue weighted by Gasteiger charge is 2.18. The fraction of sp³-hybridized carbons (Fsp3) is 0.429. The van der Waals surface area contributed by atoms with Crippen LogP contribution in [0.25, 0.3) is 0 Å². The van der Waals surface area contributed by atoms with Gasteiger partial charge in [0.25, 0.3) is 5.91 Å². The van der Waals surface area contributed by atoms with Gasteiger partial charge < -0.3 is 15.5 Å². The topological polar surface area (TPSA) is 96.9 Å². The van der Waals surface area contributed by atoms with Crippen molar-refractivity contribution in [3.05, 3.63) is 35.5 Å². The maximum absolute atomic E-state index is 12.1. The maximum atomic E-state index is 12.1. The third kappa shape index (κ3) is 3.20. The van der Waals surface area contributed by atoms with Gasteiger partial charge in [-0.25, -0.2) is 0 Å². The molecule has 0 aromatic carbocycles. The quantitative estimate of drug-likeness (QED) is 0.750. The number of nitrogens with two attached hydrogens (primary N) is 1. The summed E-state index contributed by atoms with van der Waals surface area (Å²) < 4.78 is 5.26. The van der Waals surface area contributed by atoms with E-state index in [0.29, 0.717) is 5.69 Å². The Kier molecular flexibility index (Phi) is 4.45. The number of rotatable bonds is 6. The van der Waals surface area contributed by atoms with Gasteiger partial charge in [-0.1, -0.05) is 6.92 Å². The lowest BCUT2D eigenvalue weighted by molar-refractivity contribution is 0.0934. The number of aromatic nitrogens is 2. The molecule has 0 saturated heterocycles. The van der Waals surface area contributed by atoms with Crippen LogP contribution in [0.4, 0.5) is 5.69 Å². The average molecular weight is 276 g/mol. The van der Waals surface area contributed by atoms with E-state index in [1.807, 2.05) is 26.0 Å². The first kappa shape index (κ1) is 14.2. The van der Waals surface area contributed by atoms with Gasteiger partial charge in [-0.2, -0.15) is 5.10 Å². The van der Waals surface area contributed by atoms with E-state index < -0.39 is 0 Å². The average Bonchev–Trinajstić information content (AvgIpc) is 3.05. The Bertz CT molecular complexity index is 560. The van der Waals surface area contributed by atoms with Gasteiger partial charge in [0.2, 0.25) is 0 Å². The van der Waals surface area contributed by atoms with Crippen LogP contribution in [-0.2, 0) is 12.8 Å². The van der Waals surface area contributed by atoms with Crippen molar-refractivity contribution in [1.29, 1.82) is 0 Å². The smallest absolute Gasteiger partial charge is 0.274 e. The Hall–Kier alpha value is -2.24. The second-order valence-corrected chi connectivity index (χ2v) is 4.81. The molecule has 0 spiro atoms. The minimum Gasteiger partial charge on any atom is -0.469 e. The van der Waals surface area contributed by atoms with Crippen molar-refractivity contribution in [3.63, 3.8) is 0 Å². The number of carbonyl (C=O) groups excluding carboxylic acids is 1. The normalized spacial score (nSPS) is 12.3. The van der Waals surface area contributed by atoms with E-state index in [2.05, 4.69) is 15.5 Å². The summed E-state index contributed by atoms with van der Waals surface area (Å²) in [5.74, 6) is 0.670. The first-order valence-electron chi connectivity index (χ1n) is 6.77. The molecule has 2 heterocycles. The van der Waals surface area contributed by atoms with E-state index >= 15 is 0 Å². The lowest BCUT2D eigenvalue weighted by atomic mass is 10.1. The Balaban J connectivity index is 1.88. The number of aromatic amines is 1. The summed E-state index contributed by atoms with van der Waals surface area (Å²) in [6.07, 6.45) is 3.95. The lowest BCUT2D eigenvalue weighted by Gasteiger charge is -2.12. The van der Waals surface area contributed by atoms with Gasteiger partial charge in [0.1, 0.15) is 5.76 Å². The number of hydrogen-bond acceptors (Lipinski definition) is 4. The van der Waals surface area contributed by atoms with E-state index in [0.717, 1.165) is 30.7 Å². The molecule has 1 amide bonds. The van der Waals surface area contributed by atoms with Crippen LogP contribution in [0.2, 0.25) is 0 Å². The molecular weight excluding hydrogens is 256 g/mol. The van der Waals surface area contributed by atoms with Gasteiger partial charge in [-0.15, -0.1) is 0 Å². The number of carbonyl (C=O) groups is 1. The third-order valence-electron chi connectivity index (χ3n) is 3.23. The molecule has 2 aromatic rings. The summed E-state index contributed by atoms with van der Waals surface area (Å²) in [4.78, 5) is 12.1. The van der Waals surface area contributed by atoms with E-state index in [1.165, 1.54) is 0 Å². The molecule has 108 valence electrons. The molecule has 2 rings (SSSR count). The number of nitrogen functional groups attached to an aromatic ring is 1. The van der Waals surface area contributed by atoms with Crippen LogP contribution in [0.15, 0.2) is 22.8 Å². The molecule has 2 aromatic heterocycles. The molecular formula is C14H20N4O2. The number of nitrogens with zero attached hydrogens (tertiary/aromatic N) is 1. The molecule has 6 heteroatoms. The number of aryl methyl sites for hydroxylation is 2. The summed E-state index contributed by atoms with van der Waals surface area (Å²) >= 11 is 0. The van der Waals surface area contributed by atoms with Crippen molar-refractivity contribution < 1.29 is 9.21 Å². The molecule has 4 N–H and O–H groups in total. The summed E-state index contributed by atoms with van der Waals surface area (Å²) in [5.41, 5.74) is 7.37. The second kappa shape index (κ2) is 6.27. The first-order valence-corrected chi connectivity index (χ1v) is 6.77. The second-order valence-electron chi connectivity index (χ2n) is 4.81. The van der Waals surface area contributed by atoms with Crippen molar-refractivity contribution in [3.8, 4) is 0 Å². The number of anilines is 1. The van der Waals surface area contributed by atoms with E-state index in [4.69, 9.17) is 10.2 Å². The minimum atomic E-state index is -0.245. The monoisotopic (exact) mass is 276 g/mol. The summed E-state index contributed by atoms with van der Waals surface area (Å²) in [7, 11) is 0. The SMILES string of the molecule is CCc1[nH]nc(C(=O)NC(C)CCc2ccco2)c1N. The van der Waals surface area contributed by atoms with Crippen molar-refractivity contribution in [2.75, 3.05) is 5.73 Å². The molecule has 1 atom stereocenters. The van der Waals surface area contributed by atoms with Gasteiger partial charge in [-0.05, 0) is 31.9 Å². The molecule has 0 aliphatic heterocycles. The number of furan rings is 1. The molecule has 0 saturated carbocycles. The standard InChI is InChI=1S/C14H20N4O2/c1-3-11-12(15)13(18-17-11)14(19)16-9(2)6-7-10-5-4-8-20-10/h4-5,8-9H,3,6-7,15H2,1-2H3,(H,16,19)(H,17,18). The van der Waals surface area contributed by atoms with Gasteiger partial charge in [0.05, 0.1) is 17.6 Å². The van der Waals surface area contributed by atoms with Crippen molar-refractivity contribution >= 4 is 11.6 Å². The largest absolute Gasteiger partial charge is 0.469 e. The fourth-order valence-electron chi connectivity index (χ4n) is 2.01. The molecule has 0 radical (unpaired) electrons. The van der Waals surface area contributed by atoms with Crippen LogP contribution in [0.1, 0.15) is 42.2 Å². The molecule has 1 unspecified atom stereocenters. The minimum absolute atomic E-state index is 0.0220. The van der Waals surface area contributed by atoms with Gasteiger partial charge >= 0.3 is 0 Å². The highest BCUT2D eigenvalue weighted by atomic mass is 16.3. The number of nitrogens with one attached hydrogen (secondary N) is 2. The van der Waals surface area contributed by atoms with Crippen LogP contribution in [0, 0.1) is 0 Å². The Morgan fingerprint density at radius 3 is 3.00 bits per heavy atom. The fourth-order valence-corrected chi connectivity index (χ4v) is 2.01. The van der Waals surface area contributed by atoms with E-state index in [-0.39, 0.29) is 17.6 Å². The zero-order valence-electron chi connectivity index (χ0n) is 11.8. The molecule has 0 aliphatic rings. The lowest BCUT2D eigenvalue weighted by Crippen LogP contribution is -2.33. The predicted octanol–water partition coefficient (Wildman–Crippen LogP) is 1.90. The molecule has 0 fully saturated rings. The molecule has 6 nitrogen and oxygen atoms in total. The number of amides is 1. The molecule has 0 bridgehead atoms. The van der Waals surface area contributed by atoms with Crippen molar-refractivity contribution in [1.82, 2.24) is 15.5 Å². The van der Waals surface area contributed by atoms with Crippen LogP contribution in [-0.4, -0.2) is 22.1 Å².